The van der Waals surface area contributed by atoms with Gasteiger partial charge in [-0.3, -0.25) is 0 Å². The Bertz CT molecular complexity index is 254. The highest BCUT2D eigenvalue weighted by atomic mass is 79.9. The predicted octanol–water partition coefficient (Wildman–Crippen LogP) is 3.40. The Balaban J connectivity index is 2.69. The van der Waals surface area contributed by atoms with Crippen LogP contribution >= 0.6 is 43.5 Å². The third-order valence-electron chi connectivity index (χ3n) is 2.84. The smallest absolute Gasteiger partial charge is 0.175 e. The number of hydrogen-bond donors (Lipinski definition) is 1. The van der Waals surface area contributed by atoms with Crippen molar-refractivity contribution in [3.8, 4) is 0 Å². The van der Waals surface area contributed by atoms with E-state index in [9.17, 15) is 5.11 Å². The van der Waals surface area contributed by atoms with Crippen molar-refractivity contribution >= 4 is 43.5 Å². The lowest BCUT2D eigenvalue weighted by atomic mass is 9.86. The molecule has 5 heteroatoms. The molecule has 0 aromatic carbocycles. The van der Waals surface area contributed by atoms with Crippen LogP contribution in [0.2, 0.25) is 0 Å². The van der Waals surface area contributed by atoms with E-state index in [2.05, 4.69) is 31.9 Å². The summed E-state index contributed by atoms with van der Waals surface area (Å²) in [7, 11) is 0. The largest absolute Gasteiger partial charge is 0.365 e. The molecule has 1 N–H and O–H groups in total. The van der Waals surface area contributed by atoms with Gasteiger partial charge in [-0.25, -0.2) is 0 Å². The maximum Gasteiger partial charge on any atom is 0.175 e. The van der Waals surface area contributed by atoms with Gasteiger partial charge >= 0.3 is 0 Å². The molecule has 2 nitrogen and oxygen atoms in total. The van der Waals surface area contributed by atoms with E-state index in [0.717, 1.165) is 6.42 Å². The molecule has 0 amide bonds. The first-order valence-corrected chi connectivity index (χ1v) is 6.98. The molecule has 1 aliphatic heterocycles. The van der Waals surface area contributed by atoms with E-state index in [0.29, 0.717) is 6.61 Å². The second kappa shape index (κ2) is 5.05. The lowest BCUT2D eigenvalue weighted by Gasteiger charge is -2.41. The first kappa shape index (κ1) is 14.0. The van der Waals surface area contributed by atoms with Crippen LogP contribution in [0.5, 0.6) is 0 Å². The summed E-state index contributed by atoms with van der Waals surface area (Å²) in [4.78, 5) is 1.22. The minimum Gasteiger partial charge on any atom is -0.365 e. The van der Waals surface area contributed by atoms with E-state index < -0.39 is 10.7 Å². The van der Waals surface area contributed by atoms with E-state index in [4.69, 9.17) is 16.3 Å². The number of rotatable bonds is 2. The first-order valence-electron chi connectivity index (χ1n) is 4.77. The molecule has 88 valence electrons. The predicted molar refractivity (Wildman–Crippen MR) is 69.7 cm³/mol. The maximum atomic E-state index is 9.82. The van der Waals surface area contributed by atoms with Gasteiger partial charge in [0.05, 0.1) is 16.3 Å². The zero-order valence-corrected chi connectivity index (χ0v) is 12.6. The minimum atomic E-state index is -1.10. The van der Waals surface area contributed by atoms with Gasteiger partial charge in [-0.15, -0.1) is 11.6 Å². The second-order valence-corrected chi connectivity index (χ2v) is 6.66. The fourth-order valence-corrected chi connectivity index (χ4v) is 3.05. The van der Waals surface area contributed by atoms with Gasteiger partial charge in [0.1, 0.15) is 0 Å². The van der Waals surface area contributed by atoms with Gasteiger partial charge in [0.2, 0.25) is 0 Å². The minimum absolute atomic E-state index is 0.0921. The summed E-state index contributed by atoms with van der Waals surface area (Å²) in [5.74, 6) is -0.917. The van der Waals surface area contributed by atoms with Gasteiger partial charge in [0.25, 0.3) is 0 Å². The Morgan fingerprint density at radius 2 is 2.27 bits per heavy atom. The molecule has 0 aliphatic carbocycles. The van der Waals surface area contributed by atoms with Crippen molar-refractivity contribution in [2.24, 2.45) is 5.92 Å². The van der Waals surface area contributed by atoms with Crippen LogP contribution in [0.3, 0.4) is 0 Å². The lowest BCUT2D eigenvalue weighted by Crippen LogP contribution is -2.49. The Morgan fingerprint density at radius 3 is 2.73 bits per heavy atom. The van der Waals surface area contributed by atoms with Crippen LogP contribution in [0.15, 0.2) is 11.1 Å². The highest BCUT2D eigenvalue weighted by Gasteiger charge is 2.43. The zero-order chi connectivity index (χ0) is 11.7. The highest BCUT2D eigenvalue weighted by Crippen LogP contribution is 2.40. The maximum absolute atomic E-state index is 9.82. The number of halogens is 3. The molecule has 0 bridgehead atoms. The van der Waals surface area contributed by atoms with E-state index in [1.165, 1.54) is 0 Å². The molecule has 0 saturated carbocycles. The number of hydrogen-bond acceptors (Lipinski definition) is 2. The molecule has 1 fully saturated rings. The number of ether oxygens (including phenoxy) is 1. The number of alkyl halides is 2. The first-order chi connectivity index (χ1) is 6.79. The fourth-order valence-electron chi connectivity index (χ4n) is 1.55. The zero-order valence-electron chi connectivity index (χ0n) is 8.71. The summed E-state index contributed by atoms with van der Waals surface area (Å²) in [6.45, 7) is 4.07. The van der Waals surface area contributed by atoms with Gasteiger partial charge in [-0.1, -0.05) is 37.9 Å². The van der Waals surface area contributed by atoms with Crippen molar-refractivity contribution in [1.82, 2.24) is 0 Å². The molecule has 0 aromatic rings. The molecule has 0 aromatic heterocycles. The molecule has 1 aliphatic rings. The monoisotopic (exact) mass is 360 g/mol. The molecule has 1 saturated heterocycles. The van der Waals surface area contributed by atoms with Crippen LogP contribution in [-0.2, 0) is 4.74 Å². The summed E-state index contributed by atoms with van der Waals surface area (Å²) in [5, 5.41) is 9.82. The fraction of sp³-hybridized carbons (Fsp3) is 0.800. The van der Waals surface area contributed by atoms with E-state index in [1.807, 2.05) is 13.0 Å². The number of allylic oxidation sites excluding steroid dienone is 1. The Labute approximate surface area is 112 Å². The van der Waals surface area contributed by atoms with Crippen LogP contribution in [0.25, 0.3) is 0 Å². The summed E-state index contributed by atoms with van der Waals surface area (Å²) in [5.41, 5.74) is 0. The van der Waals surface area contributed by atoms with Gasteiger partial charge < -0.3 is 9.84 Å². The lowest BCUT2D eigenvalue weighted by molar-refractivity contribution is -0.218. The standard InChI is InChI=1S/C10H15Br2ClO2/c1-9(13,3-4-11)7-5-8(12)10(2,14)15-6-7/h3-4,7-8,14H,5-6H2,1-2H3/b4-3+/t7-,8+,9-,10-/m1/s1. The average molecular weight is 362 g/mol. The molecule has 0 radical (unpaired) electrons. The molecule has 0 spiro atoms. The van der Waals surface area contributed by atoms with Gasteiger partial charge in [0.15, 0.2) is 5.79 Å². The summed E-state index contributed by atoms with van der Waals surface area (Å²) in [6, 6.07) is 0. The SMILES string of the molecule is C[C@@](Cl)(/C=C/Br)[C@H]1CO[C@@](C)(O)[C@@H](Br)C1. The molecular formula is C10H15Br2ClO2. The molecule has 0 unspecified atom stereocenters. The van der Waals surface area contributed by atoms with E-state index in [1.54, 1.807) is 11.9 Å². The van der Waals surface area contributed by atoms with Crippen LogP contribution in [0.1, 0.15) is 20.3 Å². The van der Waals surface area contributed by atoms with Crippen molar-refractivity contribution in [2.75, 3.05) is 6.61 Å². The highest BCUT2D eigenvalue weighted by molar-refractivity contribution is 9.11. The average Bonchev–Trinajstić information content (AvgIpc) is 2.09. The van der Waals surface area contributed by atoms with Crippen molar-refractivity contribution in [1.29, 1.82) is 0 Å². The van der Waals surface area contributed by atoms with Crippen molar-refractivity contribution < 1.29 is 9.84 Å². The molecular weight excluding hydrogens is 347 g/mol. The van der Waals surface area contributed by atoms with Crippen LogP contribution < -0.4 is 0 Å². The number of aliphatic hydroxyl groups is 1. The van der Waals surface area contributed by atoms with Gasteiger partial charge in [0, 0.05) is 5.92 Å². The molecule has 4 atom stereocenters. The van der Waals surface area contributed by atoms with Crippen LogP contribution in [0, 0.1) is 5.92 Å². The quantitative estimate of drug-likeness (QED) is 0.763. The normalized spacial score (nSPS) is 41.7. The van der Waals surface area contributed by atoms with Crippen molar-refractivity contribution in [2.45, 2.75) is 35.8 Å². The molecule has 1 heterocycles. The third-order valence-corrected chi connectivity index (χ3v) is 4.76. The van der Waals surface area contributed by atoms with Crippen LogP contribution in [0.4, 0.5) is 0 Å². The van der Waals surface area contributed by atoms with Gasteiger partial charge in [-0.2, -0.15) is 0 Å². The summed E-state index contributed by atoms with van der Waals surface area (Å²) >= 11 is 13.0. The Morgan fingerprint density at radius 1 is 1.67 bits per heavy atom. The molecule has 1 rings (SSSR count). The van der Waals surface area contributed by atoms with Crippen molar-refractivity contribution in [3.05, 3.63) is 11.1 Å². The Kier molecular flexibility index (Phi) is 4.70. The van der Waals surface area contributed by atoms with E-state index >= 15 is 0 Å². The topological polar surface area (TPSA) is 29.5 Å². The van der Waals surface area contributed by atoms with Crippen molar-refractivity contribution in [3.63, 3.8) is 0 Å². The Hall–Kier alpha value is 0.910. The van der Waals surface area contributed by atoms with Gasteiger partial charge in [-0.05, 0) is 25.3 Å². The van der Waals surface area contributed by atoms with E-state index in [-0.39, 0.29) is 10.7 Å². The summed E-state index contributed by atoms with van der Waals surface area (Å²) < 4.78 is 5.40. The molecule has 15 heavy (non-hydrogen) atoms. The van der Waals surface area contributed by atoms with Crippen LogP contribution in [-0.4, -0.2) is 27.2 Å². The third kappa shape index (κ3) is 3.43. The second-order valence-electron chi connectivity index (χ2n) is 4.21. The summed E-state index contributed by atoms with van der Waals surface area (Å²) in [6.07, 6.45) is 2.67.